The Balaban J connectivity index is 1.48. The maximum Gasteiger partial charge on any atom is 0.252 e. The van der Waals surface area contributed by atoms with Crippen LogP contribution in [-0.4, -0.2) is 59.7 Å². The van der Waals surface area contributed by atoms with E-state index in [1.165, 1.54) is 0 Å². The first kappa shape index (κ1) is 22.9. The standard InChI is InChI=1S/C26H33N5O2/c1-19(2)30-15-17-31(18-16-30)22-9-5-21(6-10-22)26(32)28-24(25-27-13-14-29(25)3)20-7-11-23(33-4)12-8-20/h5-14,19,24H,15-18H2,1-4H3,(H,28,32). The Morgan fingerprint density at radius 1 is 1.00 bits per heavy atom. The number of nitrogens with zero attached hydrogens (tertiary/aromatic N) is 4. The highest BCUT2D eigenvalue weighted by molar-refractivity contribution is 5.95. The van der Waals surface area contributed by atoms with E-state index in [4.69, 9.17) is 4.74 Å². The molecule has 7 heteroatoms. The third-order valence-corrected chi connectivity index (χ3v) is 6.38. The van der Waals surface area contributed by atoms with Crippen molar-refractivity contribution in [2.24, 2.45) is 7.05 Å². The molecule has 0 radical (unpaired) electrons. The molecule has 0 bridgehead atoms. The van der Waals surface area contributed by atoms with Crippen molar-refractivity contribution in [3.05, 3.63) is 77.9 Å². The van der Waals surface area contributed by atoms with Crippen molar-refractivity contribution in [1.82, 2.24) is 19.8 Å². The summed E-state index contributed by atoms with van der Waals surface area (Å²) < 4.78 is 7.20. The SMILES string of the molecule is COc1ccc(C(NC(=O)c2ccc(N3CCN(C(C)C)CC3)cc2)c2nccn2C)cc1. The van der Waals surface area contributed by atoms with E-state index in [1.807, 2.05) is 66.3 Å². The second-order valence-corrected chi connectivity index (χ2v) is 8.74. The molecule has 1 aromatic heterocycles. The van der Waals surface area contributed by atoms with E-state index in [9.17, 15) is 4.79 Å². The van der Waals surface area contributed by atoms with Gasteiger partial charge in [-0.2, -0.15) is 0 Å². The number of aromatic nitrogens is 2. The van der Waals surface area contributed by atoms with E-state index >= 15 is 0 Å². The Morgan fingerprint density at radius 2 is 1.67 bits per heavy atom. The number of ether oxygens (including phenoxy) is 1. The number of carbonyl (C=O) groups excluding carboxylic acids is 1. The molecule has 4 rings (SSSR count). The molecule has 3 aromatic rings. The van der Waals surface area contributed by atoms with Crippen molar-refractivity contribution in [3.8, 4) is 5.75 Å². The molecule has 33 heavy (non-hydrogen) atoms. The lowest BCUT2D eigenvalue weighted by molar-refractivity contribution is 0.0941. The number of carbonyl (C=O) groups is 1. The van der Waals surface area contributed by atoms with Gasteiger partial charge in [0.2, 0.25) is 0 Å². The van der Waals surface area contributed by atoms with E-state index in [-0.39, 0.29) is 11.9 Å². The molecule has 7 nitrogen and oxygen atoms in total. The molecule has 0 saturated carbocycles. The van der Waals surface area contributed by atoms with Crippen LogP contribution in [0.25, 0.3) is 0 Å². The smallest absolute Gasteiger partial charge is 0.252 e. The minimum Gasteiger partial charge on any atom is -0.497 e. The Hall–Kier alpha value is -3.32. The van der Waals surface area contributed by atoms with E-state index < -0.39 is 0 Å². The van der Waals surface area contributed by atoms with E-state index in [2.05, 4.69) is 33.9 Å². The summed E-state index contributed by atoms with van der Waals surface area (Å²) in [6, 6.07) is 15.8. The molecule has 1 aliphatic heterocycles. The van der Waals surface area contributed by atoms with Gasteiger partial charge in [0.25, 0.3) is 5.91 Å². The van der Waals surface area contributed by atoms with Crippen LogP contribution in [0.5, 0.6) is 5.75 Å². The summed E-state index contributed by atoms with van der Waals surface area (Å²) in [5.74, 6) is 1.41. The number of imidazole rings is 1. The van der Waals surface area contributed by atoms with Crippen LogP contribution in [0.4, 0.5) is 5.69 Å². The molecular formula is C26H33N5O2. The summed E-state index contributed by atoms with van der Waals surface area (Å²) in [5, 5.41) is 3.16. The van der Waals surface area contributed by atoms with E-state index in [1.54, 1.807) is 13.3 Å². The maximum absolute atomic E-state index is 13.2. The number of anilines is 1. The molecule has 2 aromatic carbocycles. The van der Waals surface area contributed by atoms with Crippen molar-refractivity contribution in [1.29, 1.82) is 0 Å². The Kier molecular flexibility index (Phi) is 6.99. The van der Waals surface area contributed by atoms with Crippen molar-refractivity contribution < 1.29 is 9.53 Å². The first-order valence-corrected chi connectivity index (χ1v) is 11.5. The molecule has 1 atom stereocenters. The minimum atomic E-state index is -0.368. The van der Waals surface area contributed by atoms with E-state index in [0.717, 1.165) is 49.0 Å². The second kappa shape index (κ2) is 10.1. The Morgan fingerprint density at radius 3 is 2.21 bits per heavy atom. The molecular weight excluding hydrogens is 414 g/mol. The number of piperazine rings is 1. The van der Waals surface area contributed by atoms with Gasteiger partial charge in [-0.15, -0.1) is 0 Å². The predicted octanol–water partition coefficient (Wildman–Crippen LogP) is 3.48. The molecule has 1 aliphatic rings. The first-order valence-electron chi connectivity index (χ1n) is 11.5. The number of benzene rings is 2. The molecule has 1 fully saturated rings. The lowest BCUT2D eigenvalue weighted by Gasteiger charge is -2.38. The Bertz CT molecular complexity index is 1050. The average Bonchev–Trinajstić information content (AvgIpc) is 3.28. The number of amides is 1. The third kappa shape index (κ3) is 5.20. The summed E-state index contributed by atoms with van der Waals surface area (Å²) in [7, 11) is 3.57. The molecule has 0 aliphatic carbocycles. The number of methoxy groups -OCH3 is 1. The Labute approximate surface area is 196 Å². The van der Waals surface area contributed by atoms with Crippen LogP contribution in [0, 0.1) is 0 Å². The van der Waals surface area contributed by atoms with Crippen LogP contribution in [0.1, 0.15) is 41.6 Å². The van der Waals surface area contributed by atoms with Crippen LogP contribution < -0.4 is 15.0 Å². The fraction of sp³-hybridized carbons (Fsp3) is 0.385. The van der Waals surface area contributed by atoms with E-state index in [0.29, 0.717) is 11.6 Å². The third-order valence-electron chi connectivity index (χ3n) is 6.38. The van der Waals surface area contributed by atoms with Crippen molar-refractivity contribution >= 4 is 11.6 Å². The fourth-order valence-corrected chi connectivity index (χ4v) is 4.28. The van der Waals surface area contributed by atoms with Gasteiger partial charge in [-0.05, 0) is 55.8 Å². The van der Waals surface area contributed by atoms with Gasteiger partial charge in [-0.1, -0.05) is 12.1 Å². The largest absolute Gasteiger partial charge is 0.497 e. The zero-order valence-corrected chi connectivity index (χ0v) is 19.9. The zero-order valence-electron chi connectivity index (χ0n) is 19.9. The normalized spacial score (nSPS) is 15.5. The predicted molar refractivity (Wildman–Crippen MR) is 131 cm³/mol. The molecule has 2 heterocycles. The van der Waals surface area contributed by atoms with Gasteiger partial charge in [0.15, 0.2) is 0 Å². The van der Waals surface area contributed by atoms with Crippen LogP contribution in [0.15, 0.2) is 60.9 Å². The topological polar surface area (TPSA) is 62.6 Å². The summed E-state index contributed by atoms with van der Waals surface area (Å²) in [5.41, 5.74) is 2.73. The summed E-state index contributed by atoms with van der Waals surface area (Å²) in [6.45, 7) is 8.62. The second-order valence-electron chi connectivity index (χ2n) is 8.74. The van der Waals surface area contributed by atoms with Crippen molar-refractivity contribution in [3.63, 3.8) is 0 Å². The molecule has 174 valence electrons. The van der Waals surface area contributed by atoms with Crippen molar-refractivity contribution in [2.75, 3.05) is 38.2 Å². The van der Waals surface area contributed by atoms with Crippen LogP contribution in [-0.2, 0) is 7.05 Å². The highest BCUT2D eigenvalue weighted by Gasteiger charge is 2.22. The first-order chi connectivity index (χ1) is 16.0. The van der Waals surface area contributed by atoms with Gasteiger partial charge in [-0.25, -0.2) is 4.98 Å². The van der Waals surface area contributed by atoms with Crippen LogP contribution >= 0.6 is 0 Å². The lowest BCUT2D eigenvalue weighted by atomic mass is 10.0. The lowest BCUT2D eigenvalue weighted by Crippen LogP contribution is -2.48. The van der Waals surface area contributed by atoms with Gasteiger partial charge in [-0.3, -0.25) is 9.69 Å². The molecule has 1 amide bonds. The quantitative estimate of drug-likeness (QED) is 0.601. The van der Waals surface area contributed by atoms with Crippen LogP contribution in [0.3, 0.4) is 0 Å². The summed E-state index contributed by atoms with van der Waals surface area (Å²) in [6.07, 6.45) is 3.62. The zero-order chi connectivity index (χ0) is 23.4. The summed E-state index contributed by atoms with van der Waals surface area (Å²) >= 11 is 0. The molecule has 1 saturated heterocycles. The van der Waals surface area contributed by atoms with Gasteiger partial charge < -0.3 is 19.5 Å². The average molecular weight is 448 g/mol. The summed E-state index contributed by atoms with van der Waals surface area (Å²) in [4.78, 5) is 22.5. The number of hydrogen-bond donors (Lipinski definition) is 1. The molecule has 0 spiro atoms. The highest BCUT2D eigenvalue weighted by Crippen LogP contribution is 2.24. The van der Waals surface area contributed by atoms with Gasteiger partial charge in [0.05, 0.1) is 7.11 Å². The number of aryl methyl sites for hydroxylation is 1. The highest BCUT2D eigenvalue weighted by atomic mass is 16.5. The minimum absolute atomic E-state index is 0.130. The van der Waals surface area contributed by atoms with Gasteiger partial charge in [0.1, 0.15) is 17.6 Å². The molecule has 1 N–H and O–H groups in total. The van der Waals surface area contributed by atoms with Gasteiger partial charge in [0, 0.05) is 62.9 Å². The van der Waals surface area contributed by atoms with Crippen molar-refractivity contribution in [2.45, 2.75) is 25.9 Å². The number of rotatable bonds is 7. The monoisotopic (exact) mass is 447 g/mol. The molecule has 1 unspecified atom stereocenters. The van der Waals surface area contributed by atoms with Gasteiger partial charge >= 0.3 is 0 Å². The fourth-order valence-electron chi connectivity index (χ4n) is 4.28. The number of nitrogens with one attached hydrogen (secondary N) is 1. The maximum atomic E-state index is 13.2. The number of hydrogen-bond acceptors (Lipinski definition) is 5. The van der Waals surface area contributed by atoms with Crippen LogP contribution in [0.2, 0.25) is 0 Å².